The molecule has 1 N–H and O–H groups in total. The van der Waals surface area contributed by atoms with Crippen molar-refractivity contribution < 1.29 is 14.6 Å². The van der Waals surface area contributed by atoms with Gasteiger partial charge in [-0.2, -0.15) is 0 Å². The molecule has 120 valence electrons. The van der Waals surface area contributed by atoms with Gasteiger partial charge < -0.3 is 14.7 Å². The van der Waals surface area contributed by atoms with Gasteiger partial charge in [0.2, 0.25) is 5.91 Å². The predicted molar refractivity (Wildman–Crippen MR) is 84.9 cm³/mol. The highest BCUT2D eigenvalue weighted by atomic mass is 16.5. The molecule has 4 nitrogen and oxygen atoms in total. The van der Waals surface area contributed by atoms with E-state index >= 15 is 0 Å². The minimum absolute atomic E-state index is 0.117. The number of amides is 1. The molecule has 1 heterocycles. The molecule has 1 aromatic carbocycles. The van der Waals surface area contributed by atoms with E-state index in [0.717, 1.165) is 31.6 Å². The van der Waals surface area contributed by atoms with Gasteiger partial charge in [-0.15, -0.1) is 0 Å². The van der Waals surface area contributed by atoms with E-state index in [0.29, 0.717) is 12.3 Å². The Hall–Kier alpha value is -1.55. The van der Waals surface area contributed by atoms with Gasteiger partial charge in [0.05, 0.1) is 7.11 Å². The lowest BCUT2D eigenvalue weighted by Crippen LogP contribution is -2.45. The highest BCUT2D eigenvalue weighted by Crippen LogP contribution is 2.49. The number of hydrogen-bond donors (Lipinski definition) is 1. The number of carbonyl (C=O) groups excluding carboxylic acids is 1. The average molecular weight is 303 g/mol. The molecule has 0 bridgehead atoms. The Bertz CT molecular complexity index is 529. The van der Waals surface area contributed by atoms with Gasteiger partial charge in [0.15, 0.2) is 0 Å². The lowest BCUT2D eigenvalue weighted by Gasteiger charge is -2.36. The number of aliphatic hydroxyl groups is 1. The first-order valence-electron chi connectivity index (χ1n) is 8.30. The molecule has 1 saturated heterocycles. The number of likely N-dealkylation sites (tertiary alicyclic amines) is 1. The van der Waals surface area contributed by atoms with E-state index in [9.17, 15) is 9.90 Å². The van der Waals surface area contributed by atoms with Crippen molar-refractivity contribution in [3.8, 4) is 5.75 Å². The molecule has 3 atom stereocenters. The fourth-order valence-electron chi connectivity index (χ4n) is 3.66. The van der Waals surface area contributed by atoms with E-state index < -0.39 is 0 Å². The summed E-state index contributed by atoms with van der Waals surface area (Å²) in [6, 6.07) is 8.29. The molecule has 3 unspecified atom stereocenters. The lowest BCUT2D eigenvalue weighted by molar-refractivity contribution is -0.136. The quantitative estimate of drug-likeness (QED) is 0.909. The highest BCUT2D eigenvalue weighted by molar-refractivity contribution is 5.83. The molecule has 1 amide bonds. The molecule has 22 heavy (non-hydrogen) atoms. The first-order chi connectivity index (χ1) is 10.7. The van der Waals surface area contributed by atoms with Crippen molar-refractivity contribution in [2.45, 2.75) is 44.1 Å². The van der Waals surface area contributed by atoms with Crippen molar-refractivity contribution >= 4 is 5.91 Å². The monoisotopic (exact) mass is 303 g/mol. The van der Waals surface area contributed by atoms with Crippen molar-refractivity contribution in [1.82, 2.24) is 4.90 Å². The van der Waals surface area contributed by atoms with Crippen LogP contribution in [0.15, 0.2) is 24.3 Å². The summed E-state index contributed by atoms with van der Waals surface area (Å²) in [5, 5.41) is 9.21. The number of aliphatic hydroxyl groups excluding tert-OH is 1. The van der Waals surface area contributed by atoms with Gasteiger partial charge in [-0.25, -0.2) is 0 Å². The molecule has 4 heteroatoms. The van der Waals surface area contributed by atoms with Crippen LogP contribution >= 0.6 is 0 Å². The number of ether oxygens (including phenoxy) is 1. The molecule has 0 aromatic heterocycles. The van der Waals surface area contributed by atoms with Gasteiger partial charge in [-0.1, -0.05) is 12.1 Å². The van der Waals surface area contributed by atoms with Crippen LogP contribution in [0.5, 0.6) is 5.75 Å². The summed E-state index contributed by atoms with van der Waals surface area (Å²) < 4.78 is 5.27. The number of rotatable bonds is 5. The normalized spacial score (nSPS) is 27.5. The number of carbonyl (C=O) groups is 1. The van der Waals surface area contributed by atoms with Crippen LogP contribution in [-0.2, 0) is 4.79 Å². The summed E-state index contributed by atoms with van der Waals surface area (Å²) in [5.74, 6) is 1.59. The van der Waals surface area contributed by atoms with Crippen LogP contribution in [0.3, 0.4) is 0 Å². The van der Waals surface area contributed by atoms with E-state index in [1.54, 1.807) is 7.11 Å². The molecule has 1 aromatic rings. The third-order valence-corrected chi connectivity index (χ3v) is 5.00. The molecule has 3 rings (SSSR count). The van der Waals surface area contributed by atoms with E-state index in [1.807, 2.05) is 23.1 Å². The van der Waals surface area contributed by atoms with Crippen molar-refractivity contribution in [2.75, 3.05) is 20.3 Å². The molecular weight excluding hydrogens is 278 g/mol. The minimum atomic E-state index is 0.117. The molecule has 1 saturated carbocycles. The van der Waals surface area contributed by atoms with Crippen LogP contribution in [0, 0.1) is 5.92 Å². The van der Waals surface area contributed by atoms with Gasteiger partial charge in [-0.3, -0.25) is 4.79 Å². The Morgan fingerprint density at radius 1 is 1.41 bits per heavy atom. The number of methoxy groups -OCH3 is 1. The van der Waals surface area contributed by atoms with Gasteiger partial charge in [0, 0.05) is 25.1 Å². The van der Waals surface area contributed by atoms with Gasteiger partial charge in [0.1, 0.15) is 5.75 Å². The Kier molecular flexibility index (Phi) is 4.67. The smallest absolute Gasteiger partial charge is 0.226 e. The predicted octanol–water partition coefficient (Wildman–Crippen LogP) is 2.56. The van der Waals surface area contributed by atoms with Crippen LogP contribution in [0.2, 0.25) is 0 Å². The third-order valence-electron chi connectivity index (χ3n) is 5.00. The zero-order valence-corrected chi connectivity index (χ0v) is 13.2. The standard InChI is InChI=1S/C18H25NO3/c1-22-15-7-4-5-13(11-15)16-12-17(16)18(21)19-9-3-2-6-14(19)8-10-20/h4-5,7,11,14,16-17,20H,2-3,6,8-10,12H2,1H3. The largest absolute Gasteiger partial charge is 0.497 e. The van der Waals surface area contributed by atoms with Crippen LogP contribution in [-0.4, -0.2) is 42.2 Å². The first kappa shape index (κ1) is 15.3. The fraction of sp³-hybridized carbons (Fsp3) is 0.611. The van der Waals surface area contributed by atoms with Crippen molar-refractivity contribution in [3.05, 3.63) is 29.8 Å². The van der Waals surface area contributed by atoms with E-state index in [1.165, 1.54) is 12.0 Å². The van der Waals surface area contributed by atoms with Crippen molar-refractivity contribution in [1.29, 1.82) is 0 Å². The molecule has 0 radical (unpaired) electrons. The number of piperidine rings is 1. The Labute approximate surface area is 132 Å². The van der Waals surface area contributed by atoms with Crippen LogP contribution in [0.25, 0.3) is 0 Å². The summed E-state index contributed by atoms with van der Waals surface area (Å²) in [6.45, 7) is 1.02. The summed E-state index contributed by atoms with van der Waals surface area (Å²) >= 11 is 0. The second kappa shape index (κ2) is 6.69. The zero-order chi connectivity index (χ0) is 15.5. The Morgan fingerprint density at radius 2 is 2.27 bits per heavy atom. The maximum atomic E-state index is 12.8. The van der Waals surface area contributed by atoms with Gasteiger partial charge in [-0.05, 0) is 55.7 Å². The molecule has 2 fully saturated rings. The maximum Gasteiger partial charge on any atom is 0.226 e. The van der Waals surface area contributed by atoms with Crippen LogP contribution < -0.4 is 4.74 Å². The fourth-order valence-corrected chi connectivity index (χ4v) is 3.66. The van der Waals surface area contributed by atoms with E-state index in [-0.39, 0.29) is 24.5 Å². The van der Waals surface area contributed by atoms with Gasteiger partial charge in [0.25, 0.3) is 0 Å². The van der Waals surface area contributed by atoms with Crippen LogP contribution in [0.1, 0.15) is 43.6 Å². The average Bonchev–Trinajstić information content (AvgIpc) is 3.36. The summed E-state index contributed by atoms with van der Waals surface area (Å²) in [4.78, 5) is 14.8. The Morgan fingerprint density at radius 3 is 3.05 bits per heavy atom. The Balaban J connectivity index is 1.66. The van der Waals surface area contributed by atoms with Crippen molar-refractivity contribution in [3.63, 3.8) is 0 Å². The zero-order valence-electron chi connectivity index (χ0n) is 13.2. The summed E-state index contributed by atoms with van der Waals surface area (Å²) in [5.41, 5.74) is 1.20. The highest BCUT2D eigenvalue weighted by Gasteiger charge is 2.47. The molecule has 2 aliphatic rings. The SMILES string of the molecule is COc1cccc(C2CC2C(=O)N2CCCCC2CCO)c1. The minimum Gasteiger partial charge on any atom is -0.497 e. The first-order valence-corrected chi connectivity index (χ1v) is 8.30. The lowest BCUT2D eigenvalue weighted by atomic mass is 9.98. The second-order valence-corrected chi connectivity index (χ2v) is 6.42. The number of nitrogens with zero attached hydrogens (tertiary/aromatic N) is 1. The second-order valence-electron chi connectivity index (χ2n) is 6.42. The number of hydrogen-bond acceptors (Lipinski definition) is 3. The molecule has 0 spiro atoms. The van der Waals surface area contributed by atoms with E-state index in [4.69, 9.17) is 4.74 Å². The molecular formula is C18H25NO3. The van der Waals surface area contributed by atoms with Gasteiger partial charge >= 0.3 is 0 Å². The third kappa shape index (κ3) is 3.12. The molecule has 1 aliphatic heterocycles. The van der Waals surface area contributed by atoms with Crippen LogP contribution in [0.4, 0.5) is 0 Å². The topological polar surface area (TPSA) is 49.8 Å². The summed E-state index contributed by atoms with van der Waals surface area (Å²) in [7, 11) is 1.67. The summed E-state index contributed by atoms with van der Waals surface area (Å²) in [6.07, 6.45) is 4.93. The molecule has 1 aliphatic carbocycles. The number of benzene rings is 1. The maximum absolute atomic E-state index is 12.8. The van der Waals surface area contributed by atoms with E-state index in [2.05, 4.69) is 6.07 Å². The van der Waals surface area contributed by atoms with Crippen molar-refractivity contribution in [2.24, 2.45) is 5.92 Å².